The molecule has 5 heteroatoms. The molecule has 0 aliphatic carbocycles. The molecule has 1 saturated heterocycles. The Kier molecular flexibility index (Phi) is 3.09. The molecule has 0 bridgehead atoms. The third-order valence-electron chi connectivity index (χ3n) is 1.68. The molecule has 2 amide bonds. The Labute approximate surface area is 88.0 Å². The van der Waals surface area contributed by atoms with Crippen LogP contribution in [0.2, 0.25) is 0 Å². The van der Waals surface area contributed by atoms with Crippen LogP contribution < -0.4 is 0 Å². The quantitative estimate of drug-likeness (QED) is 0.625. The van der Waals surface area contributed by atoms with E-state index in [1.54, 1.807) is 20.8 Å². The maximum absolute atomic E-state index is 11.6. The van der Waals surface area contributed by atoms with Gasteiger partial charge < -0.3 is 4.74 Å². The van der Waals surface area contributed by atoms with Gasteiger partial charge >= 0.3 is 6.09 Å². The van der Waals surface area contributed by atoms with Gasteiger partial charge in [0.2, 0.25) is 0 Å². The number of carbonyl (C=O) groups is 2. The lowest BCUT2D eigenvalue weighted by atomic mass is 10.2. The van der Waals surface area contributed by atoms with Crippen LogP contribution in [0.25, 0.3) is 0 Å². The molecule has 1 aliphatic rings. The molecule has 1 heterocycles. The van der Waals surface area contributed by atoms with E-state index < -0.39 is 11.7 Å². The van der Waals surface area contributed by atoms with Gasteiger partial charge in [-0.1, -0.05) is 11.8 Å². The Morgan fingerprint density at radius 3 is 2.50 bits per heavy atom. The van der Waals surface area contributed by atoms with Gasteiger partial charge in [0.1, 0.15) is 5.60 Å². The first kappa shape index (κ1) is 11.4. The van der Waals surface area contributed by atoms with E-state index in [-0.39, 0.29) is 11.3 Å². The van der Waals surface area contributed by atoms with E-state index in [2.05, 4.69) is 0 Å². The predicted molar refractivity (Wildman–Crippen MR) is 55.4 cm³/mol. The molecule has 1 atom stereocenters. The van der Waals surface area contributed by atoms with E-state index in [1.165, 1.54) is 4.90 Å². The van der Waals surface area contributed by atoms with Crippen molar-refractivity contribution in [2.24, 2.45) is 0 Å². The maximum atomic E-state index is 11.6. The van der Waals surface area contributed by atoms with Crippen molar-refractivity contribution in [3.05, 3.63) is 0 Å². The number of hydrogen-bond acceptors (Lipinski definition) is 4. The zero-order valence-electron chi connectivity index (χ0n) is 8.86. The van der Waals surface area contributed by atoms with Crippen LogP contribution in [0.5, 0.6) is 0 Å². The van der Waals surface area contributed by atoms with E-state index in [1.807, 2.05) is 6.92 Å². The largest absolute Gasteiger partial charge is 0.443 e. The molecule has 0 N–H and O–H groups in total. The lowest BCUT2D eigenvalue weighted by Crippen LogP contribution is -2.40. The summed E-state index contributed by atoms with van der Waals surface area (Å²) in [6.07, 6.45) is -0.542. The molecule has 1 rings (SSSR count). The van der Waals surface area contributed by atoms with Gasteiger partial charge in [0.15, 0.2) is 0 Å². The first-order valence-electron chi connectivity index (χ1n) is 4.50. The van der Waals surface area contributed by atoms with Gasteiger partial charge in [-0.15, -0.1) is 0 Å². The monoisotopic (exact) mass is 217 g/mol. The van der Waals surface area contributed by atoms with Crippen LogP contribution in [0.15, 0.2) is 0 Å². The van der Waals surface area contributed by atoms with Gasteiger partial charge in [-0.2, -0.15) is 0 Å². The number of ether oxygens (including phenoxy) is 1. The Morgan fingerprint density at radius 1 is 1.57 bits per heavy atom. The summed E-state index contributed by atoms with van der Waals surface area (Å²) >= 11 is 1.15. The Hall–Kier alpha value is -0.710. The van der Waals surface area contributed by atoms with Crippen LogP contribution in [-0.4, -0.2) is 33.6 Å². The molecule has 1 aliphatic heterocycles. The Morgan fingerprint density at radius 2 is 2.14 bits per heavy atom. The fourth-order valence-corrected chi connectivity index (χ4v) is 2.01. The fourth-order valence-electron chi connectivity index (χ4n) is 1.08. The summed E-state index contributed by atoms with van der Waals surface area (Å²) in [5.74, 6) is 0.651. The van der Waals surface area contributed by atoms with E-state index in [9.17, 15) is 9.59 Å². The highest BCUT2D eigenvalue weighted by Gasteiger charge is 2.36. The molecule has 0 unspecified atom stereocenters. The lowest BCUT2D eigenvalue weighted by molar-refractivity contribution is 0.0312. The first-order chi connectivity index (χ1) is 6.31. The van der Waals surface area contributed by atoms with Gasteiger partial charge in [-0.25, -0.2) is 9.69 Å². The lowest BCUT2D eigenvalue weighted by Gasteiger charge is -2.25. The van der Waals surface area contributed by atoms with Crippen LogP contribution >= 0.6 is 11.8 Å². The van der Waals surface area contributed by atoms with Crippen molar-refractivity contribution >= 4 is 23.1 Å². The van der Waals surface area contributed by atoms with Gasteiger partial charge in [0.25, 0.3) is 5.24 Å². The average Bonchev–Trinajstić information content (AvgIpc) is 2.27. The molecule has 14 heavy (non-hydrogen) atoms. The summed E-state index contributed by atoms with van der Waals surface area (Å²) in [6, 6.07) is -0.0673. The van der Waals surface area contributed by atoms with E-state index in [0.29, 0.717) is 5.75 Å². The minimum atomic E-state index is -0.551. The smallest absolute Gasteiger partial charge is 0.418 e. The summed E-state index contributed by atoms with van der Waals surface area (Å²) < 4.78 is 5.12. The number of thioether (sulfide) groups is 1. The second-order valence-electron chi connectivity index (χ2n) is 4.28. The predicted octanol–water partition coefficient (Wildman–Crippen LogP) is 2.48. The molecule has 80 valence electrons. The van der Waals surface area contributed by atoms with E-state index >= 15 is 0 Å². The van der Waals surface area contributed by atoms with Crippen molar-refractivity contribution in [3.8, 4) is 0 Å². The number of amides is 2. The number of carbonyl (C=O) groups excluding carboxylic acids is 2. The molecule has 0 spiro atoms. The zero-order valence-corrected chi connectivity index (χ0v) is 9.68. The summed E-state index contributed by atoms with van der Waals surface area (Å²) in [5, 5.41) is -0.216. The molecule has 0 radical (unpaired) electrons. The van der Waals surface area contributed by atoms with Gasteiger partial charge in [-0.3, -0.25) is 4.79 Å². The topological polar surface area (TPSA) is 46.6 Å². The molecule has 0 aromatic carbocycles. The van der Waals surface area contributed by atoms with Crippen molar-refractivity contribution in [1.29, 1.82) is 0 Å². The number of hydrogen-bond donors (Lipinski definition) is 0. The van der Waals surface area contributed by atoms with E-state index in [4.69, 9.17) is 4.74 Å². The molecular formula is C9H15NO3S. The summed E-state index contributed by atoms with van der Waals surface area (Å²) in [7, 11) is 0. The number of nitrogens with zero attached hydrogens (tertiary/aromatic N) is 1. The van der Waals surface area contributed by atoms with Crippen molar-refractivity contribution in [1.82, 2.24) is 4.90 Å². The van der Waals surface area contributed by atoms with Gasteiger partial charge in [-0.05, 0) is 27.7 Å². The fraction of sp³-hybridized carbons (Fsp3) is 0.778. The second kappa shape index (κ2) is 3.81. The van der Waals surface area contributed by atoms with E-state index in [0.717, 1.165) is 11.8 Å². The average molecular weight is 217 g/mol. The highest BCUT2D eigenvalue weighted by molar-refractivity contribution is 8.14. The minimum absolute atomic E-state index is 0.0673. The Bertz CT molecular complexity index is 259. The second-order valence-corrected chi connectivity index (χ2v) is 5.25. The van der Waals surface area contributed by atoms with Gasteiger partial charge in [0.05, 0.1) is 6.04 Å². The van der Waals surface area contributed by atoms with Crippen LogP contribution in [-0.2, 0) is 4.74 Å². The molecule has 0 aromatic heterocycles. The normalized spacial score (nSPS) is 22.7. The summed E-state index contributed by atoms with van der Waals surface area (Å²) in [5.41, 5.74) is -0.551. The summed E-state index contributed by atoms with van der Waals surface area (Å²) in [6.45, 7) is 7.18. The van der Waals surface area contributed by atoms with Crippen molar-refractivity contribution in [3.63, 3.8) is 0 Å². The van der Waals surface area contributed by atoms with Crippen LogP contribution in [0.1, 0.15) is 27.7 Å². The molecule has 4 nitrogen and oxygen atoms in total. The molecule has 0 saturated carbocycles. The number of imide groups is 1. The van der Waals surface area contributed by atoms with Crippen molar-refractivity contribution in [2.75, 3.05) is 5.75 Å². The third-order valence-corrected chi connectivity index (χ3v) is 2.77. The van der Waals surface area contributed by atoms with Crippen LogP contribution in [0, 0.1) is 0 Å². The zero-order chi connectivity index (χ0) is 10.9. The maximum Gasteiger partial charge on any atom is 0.418 e. The Balaban J connectivity index is 2.65. The summed E-state index contributed by atoms with van der Waals surface area (Å²) in [4.78, 5) is 24.0. The first-order valence-corrected chi connectivity index (χ1v) is 5.49. The highest BCUT2D eigenvalue weighted by Crippen LogP contribution is 2.25. The number of rotatable bonds is 0. The molecule has 0 aromatic rings. The highest BCUT2D eigenvalue weighted by atomic mass is 32.2. The molecular weight excluding hydrogens is 202 g/mol. The molecule has 1 fully saturated rings. The van der Waals surface area contributed by atoms with Gasteiger partial charge in [0, 0.05) is 5.75 Å². The van der Waals surface area contributed by atoms with Crippen LogP contribution in [0.3, 0.4) is 0 Å². The van der Waals surface area contributed by atoms with Crippen molar-refractivity contribution in [2.45, 2.75) is 39.3 Å². The van der Waals surface area contributed by atoms with Crippen LogP contribution in [0.4, 0.5) is 9.59 Å². The minimum Gasteiger partial charge on any atom is -0.443 e. The SMILES string of the molecule is C[C@@H]1CSC(=O)N1C(=O)OC(C)(C)C. The standard InChI is InChI=1S/C9H15NO3S/c1-6-5-14-8(12)10(6)7(11)13-9(2,3)4/h6H,5H2,1-4H3/t6-/m1/s1. The van der Waals surface area contributed by atoms with Crippen molar-refractivity contribution < 1.29 is 14.3 Å². The third kappa shape index (κ3) is 2.64.